The van der Waals surface area contributed by atoms with Crippen LogP contribution in [0.3, 0.4) is 0 Å². The van der Waals surface area contributed by atoms with Crippen molar-refractivity contribution >= 4 is 11.0 Å². The maximum Gasteiger partial charge on any atom is 0.149 e. The molecule has 0 bridgehead atoms. The van der Waals surface area contributed by atoms with Gasteiger partial charge in [0.15, 0.2) is 0 Å². The van der Waals surface area contributed by atoms with E-state index in [9.17, 15) is 5.11 Å². The van der Waals surface area contributed by atoms with Crippen molar-refractivity contribution in [1.29, 1.82) is 0 Å². The number of nitrogens with zero attached hydrogens (tertiary/aromatic N) is 3. The third kappa shape index (κ3) is 7.89. The largest absolute Gasteiger partial charge is 0.507 e. The van der Waals surface area contributed by atoms with Crippen LogP contribution >= 0.6 is 0 Å². The second-order valence-electron chi connectivity index (χ2n) is 17.4. The molecule has 0 aliphatic rings. The smallest absolute Gasteiger partial charge is 0.149 e. The minimum Gasteiger partial charge on any atom is -0.507 e. The molecule has 0 amide bonds. The van der Waals surface area contributed by atoms with Crippen LogP contribution in [0.4, 0.5) is 0 Å². The monoisotopic (exact) mass is 861 g/mol. The first kappa shape index (κ1) is 41.1. The highest BCUT2D eigenvalue weighted by Crippen LogP contribution is 2.44. The number of aromatic hydroxyl groups is 1. The molecule has 0 spiro atoms. The minimum absolute atomic E-state index is 0.217. The van der Waals surface area contributed by atoms with Crippen LogP contribution in [0.5, 0.6) is 5.75 Å². The molecular weight excluding hydrogens is 815 g/mol. The molecule has 0 radical (unpaired) electrons. The lowest BCUT2D eigenvalue weighted by molar-refractivity contribution is 0.472. The van der Waals surface area contributed by atoms with Crippen molar-refractivity contribution in [2.45, 2.75) is 20.8 Å². The molecule has 0 saturated carbocycles. The molecule has 0 atom stereocenters. The molecule has 0 saturated heterocycles. The normalized spacial score (nSPS) is 11.3. The molecular formula is C63H47N3O. The fraction of sp³-hybridized carbons (Fsp3) is 0.0476. The van der Waals surface area contributed by atoms with Gasteiger partial charge in [-0.3, -0.25) is 9.55 Å². The number of imidazole rings is 1. The zero-order valence-electron chi connectivity index (χ0n) is 37.7. The zero-order chi connectivity index (χ0) is 45.4. The molecule has 2 heterocycles. The Labute approximate surface area is 391 Å². The highest BCUT2D eigenvalue weighted by molar-refractivity contribution is 5.99. The van der Waals surface area contributed by atoms with Gasteiger partial charge in [0.25, 0.3) is 0 Å². The van der Waals surface area contributed by atoms with Crippen molar-refractivity contribution in [3.05, 3.63) is 241 Å². The molecule has 0 unspecified atom stereocenters. The summed E-state index contributed by atoms with van der Waals surface area (Å²) in [6, 6.07) is 77.0. The van der Waals surface area contributed by atoms with E-state index in [0.29, 0.717) is 11.4 Å². The van der Waals surface area contributed by atoms with Crippen molar-refractivity contribution in [2.24, 2.45) is 0 Å². The van der Waals surface area contributed by atoms with Crippen molar-refractivity contribution in [1.82, 2.24) is 14.5 Å². The summed E-state index contributed by atoms with van der Waals surface area (Å²) in [6.07, 6.45) is 1.91. The number of para-hydroxylation sites is 1. The Balaban J connectivity index is 1.14. The van der Waals surface area contributed by atoms with Gasteiger partial charge in [-0.25, -0.2) is 4.98 Å². The van der Waals surface area contributed by atoms with Crippen molar-refractivity contribution in [3.63, 3.8) is 0 Å². The lowest BCUT2D eigenvalue weighted by atomic mass is 9.93. The Morgan fingerprint density at radius 3 is 1.58 bits per heavy atom. The van der Waals surface area contributed by atoms with Gasteiger partial charge in [0, 0.05) is 22.9 Å². The maximum absolute atomic E-state index is 12.0. The number of hydrogen-bond acceptors (Lipinski definition) is 3. The van der Waals surface area contributed by atoms with E-state index in [-0.39, 0.29) is 5.75 Å². The third-order valence-electron chi connectivity index (χ3n) is 12.9. The Bertz CT molecular complexity index is 3580. The van der Waals surface area contributed by atoms with Gasteiger partial charge in [-0.2, -0.15) is 0 Å². The summed E-state index contributed by atoms with van der Waals surface area (Å²) in [5.41, 5.74) is 21.5. The van der Waals surface area contributed by atoms with E-state index in [4.69, 9.17) is 9.97 Å². The van der Waals surface area contributed by atoms with Crippen LogP contribution < -0.4 is 0 Å². The van der Waals surface area contributed by atoms with Gasteiger partial charge in [0.05, 0.1) is 28.0 Å². The summed E-state index contributed by atoms with van der Waals surface area (Å²) in [5, 5.41) is 12.0. The Hall–Kier alpha value is -8.60. The van der Waals surface area contributed by atoms with E-state index in [1.165, 1.54) is 16.7 Å². The number of aryl methyl sites for hydroxylation is 3. The number of phenols is 1. The van der Waals surface area contributed by atoms with E-state index < -0.39 is 0 Å². The van der Waals surface area contributed by atoms with E-state index >= 15 is 0 Å². The number of phenolic OH excluding ortho intramolecular Hbond substituents is 1. The maximum atomic E-state index is 12.0. The zero-order valence-corrected chi connectivity index (χ0v) is 37.7. The molecule has 67 heavy (non-hydrogen) atoms. The average molecular weight is 862 g/mol. The van der Waals surface area contributed by atoms with Crippen LogP contribution in [0.25, 0.3) is 106 Å². The summed E-state index contributed by atoms with van der Waals surface area (Å²) in [5.74, 6) is 0.883. The third-order valence-corrected chi connectivity index (χ3v) is 12.9. The minimum atomic E-state index is 0.217. The van der Waals surface area contributed by atoms with Crippen LogP contribution in [0.15, 0.2) is 225 Å². The van der Waals surface area contributed by atoms with Gasteiger partial charge in [0.1, 0.15) is 11.6 Å². The summed E-state index contributed by atoms with van der Waals surface area (Å²) in [4.78, 5) is 10.6. The predicted molar refractivity (Wildman–Crippen MR) is 278 cm³/mol. The lowest BCUT2D eigenvalue weighted by Gasteiger charge is -2.19. The fourth-order valence-corrected chi connectivity index (χ4v) is 9.53. The van der Waals surface area contributed by atoms with Crippen LogP contribution in [-0.4, -0.2) is 19.6 Å². The summed E-state index contributed by atoms with van der Waals surface area (Å²) >= 11 is 0. The van der Waals surface area contributed by atoms with E-state index in [1.807, 2.05) is 25.3 Å². The number of pyridine rings is 1. The molecule has 4 nitrogen and oxygen atoms in total. The first-order valence-electron chi connectivity index (χ1n) is 22.8. The average Bonchev–Trinajstić information content (AvgIpc) is 3.78. The summed E-state index contributed by atoms with van der Waals surface area (Å²) in [6.45, 7) is 6.21. The van der Waals surface area contributed by atoms with Crippen LogP contribution in [0, 0.1) is 20.8 Å². The lowest BCUT2D eigenvalue weighted by Crippen LogP contribution is -2.03. The van der Waals surface area contributed by atoms with Crippen molar-refractivity contribution in [2.75, 3.05) is 0 Å². The number of aromatic nitrogens is 3. The van der Waals surface area contributed by atoms with Gasteiger partial charge in [0.2, 0.25) is 0 Å². The molecule has 11 rings (SSSR count). The number of benzene rings is 9. The molecule has 0 fully saturated rings. The van der Waals surface area contributed by atoms with E-state index in [0.717, 1.165) is 94.7 Å². The van der Waals surface area contributed by atoms with Gasteiger partial charge in [-0.15, -0.1) is 0 Å². The van der Waals surface area contributed by atoms with Gasteiger partial charge < -0.3 is 5.11 Å². The van der Waals surface area contributed by atoms with Crippen molar-refractivity contribution < 1.29 is 5.11 Å². The van der Waals surface area contributed by atoms with Gasteiger partial charge in [-0.1, -0.05) is 164 Å². The van der Waals surface area contributed by atoms with Crippen molar-refractivity contribution in [3.8, 4) is 101 Å². The molecule has 4 heteroatoms. The van der Waals surface area contributed by atoms with E-state index in [2.05, 4.69) is 225 Å². The first-order valence-corrected chi connectivity index (χ1v) is 22.8. The van der Waals surface area contributed by atoms with Crippen LogP contribution in [0.2, 0.25) is 0 Å². The SMILES string of the molecule is Cc1cc(C)c(O)c(-c2nc3c(-c4cc(-c5ccccc5)cc(-c5cc(-c6ccc(-c7ccccc7)cc6)ccn5)c4)cccc3n2-c2cc(-c3ccccc3)c(C)cc2-c2ccccc2)c1. The fourth-order valence-electron chi connectivity index (χ4n) is 9.53. The predicted octanol–water partition coefficient (Wildman–Crippen LogP) is 16.4. The highest BCUT2D eigenvalue weighted by atomic mass is 16.3. The number of hydrogen-bond donors (Lipinski definition) is 1. The van der Waals surface area contributed by atoms with Crippen LogP contribution in [0.1, 0.15) is 16.7 Å². The number of fused-ring (bicyclic) bond motifs is 1. The van der Waals surface area contributed by atoms with Crippen LogP contribution in [-0.2, 0) is 0 Å². The molecule has 320 valence electrons. The molecule has 2 aromatic heterocycles. The highest BCUT2D eigenvalue weighted by Gasteiger charge is 2.24. The Morgan fingerprint density at radius 2 is 0.925 bits per heavy atom. The Kier molecular flexibility index (Phi) is 10.7. The second-order valence-corrected chi connectivity index (χ2v) is 17.4. The molecule has 0 aliphatic carbocycles. The standard InChI is InChI=1S/C63H47N3O/c1-41-33-43(3)62(67)57(34-41)63-65-61-54(25-16-26-59(61)66(63)60-40-55(48-21-12-6-13-22-48)42(2)35-56(60)49-23-14-7-15-24-49)52-36-51(45-19-10-5-11-20-45)37-53(38-52)58-39-50(31-32-64-58)47-29-27-46(28-30-47)44-17-8-4-9-18-44/h4-40,67H,1-3H3. The van der Waals surface area contributed by atoms with Gasteiger partial charge >= 0.3 is 0 Å². The van der Waals surface area contributed by atoms with E-state index in [1.54, 1.807) is 0 Å². The summed E-state index contributed by atoms with van der Waals surface area (Å²) in [7, 11) is 0. The molecule has 9 aromatic carbocycles. The molecule has 1 N–H and O–H groups in total. The quantitative estimate of drug-likeness (QED) is 0.157. The first-order chi connectivity index (χ1) is 32.9. The molecule has 0 aliphatic heterocycles. The molecule has 11 aromatic rings. The van der Waals surface area contributed by atoms with Gasteiger partial charge in [-0.05, 0) is 148 Å². The second kappa shape index (κ2) is 17.4. The Morgan fingerprint density at radius 1 is 0.373 bits per heavy atom. The topological polar surface area (TPSA) is 50.9 Å². The number of rotatable bonds is 9. The summed E-state index contributed by atoms with van der Waals surface area (Å²) < 4.78 is 2.26.